The van der Waals surface area contributed by atoms with Gasteiger partial charge in [0.25, 0.3) is 0 Å². The van der Waals surface area contributed by atoms with Gasteiger partial charge in [0.1, 0.15) is 6.04 Å². The van der Waals surface area contributed by atoms with Crippen LogP contribution in [0.4, 0.5) is 0 Å². The lowest BCUT2D eigenvalue weighted by Crippen LogP contribution is -2.54. The summed E-state index contributed by atoms with van der Waals surface area (Å²) < 4.78 is 0. The van der Waals surface area contributed by atoms with Crippen molar-refractivity contribution in [1.82, 2.24) is 4.90 Å². The van der Waals surface area contributed by atoms with Crippen molar-refractivity contribution >= 4 is 11.9 Å². The van der Waals surface area contributed by atoms with Crippen molar-refractivity contribution < 1.29 is 14.7 Å². The third kappa shape index (κ3) is 3.42. The number of carbonyl (C=O) groups excluding carboxylic acids is 1. The number of amides is 1. The van der Waals surface area contributed by atoms with Gasteiger partial charge >= 0.3 is 5.97 Å². The number of benzene rings is 1. The molecule has 1 aromatic carbocycles. The topological polar surface area (TPSA) is 83.6 Å². The first-order valence-corrected chi connectivity index (χ1v) is 7.25. The highest BCUT2D eigenvalue weighted by Gasteiger charge is 2.36. The molecule has 2 rings (SSSR count). The van der Waals surface area contributed by atoms with Crippen LogP contribution in [-0.2, 0) is 22.6 Å². The largest absolute Gasteiger partial charge is 0.480 e. The Hall–Kier alpha value is -1.88. The summed E-state index contributed by atoms with van der Waals surface area (Å²) >= 11 is 0. The fourth-order valence-corrected chi connectivity index (χ4v) is 2.80. The number of hydrogen-bond acceptors (Lipinski definition) is 3. The van der Waals surface area contributed by atoms with Gasteiger partial charge < -0.3 is 15.7 Å². The van der Waals surface area contributed by atoms with Crippen molar-refractivity contribution in [2.75, 3.05) is 0 Å². The van der Waals surface area contributed by atoms with Crippen LogP contribution in [0.25, 0.3) is 0 Å². The predicted molar refractivity (Wildman–Crippen MR) is 79.6 cm³/mol. The molecule has 0 aromatic heterocycles. The lowest BCUT2D eigenvalue weighted by Gasteiger charge is -2.36. The highest BCUT2D eigenvalue weighted by atomic mass is 16.4. The van der Waals surface area contributed by atoms with Gasteiger partial charge in [-0.1, -0.05) is 38.1 Å². The van der Waals surface area contributed by atoms with Crippen LogP contribution in [0.15, 0.2) is 24.3 Å². The van der Waals surface area contributed by atoms with Crippen LogP contribution in [0.3, 0.4) is 0 Å². The molecule has 1 unspecified atom stereocenters. The van der Waals surface area contributed by atoms with Crippen LogP contribution in [0, 0.1) is 5.92 Å². The number of fused-ring (bicyclic) bond motifs is 1. The van der Waals surface area contributed by atoms with E-state index in [0.717, 1.165) is 11.1 Å². The number of nitrogens with two attached hydrogens (primary N) is 1. The molecule has 5 nitrogen and oxygen atoms in total. The zero-order valence-electron chi connectivity index (χ0n) is 12.5. The van der Waals surface area contributed by atoms with Gasteiger partial charge in [-0.25, -0.2) is 4.79 Å². The lowest BCUT2D eigenvalue weighted by molar-refractivity contribution is -0.152. The lowest BCUT2D eigenvalue weighted by atomic mass is 9.92. The quantitative estimate of drug-likeness (QED) is 0.878. The van der Waals surface area contributed by atoms with E-state index in [1.807, 2.05) is 38.1 Å². The van der Waals surface area contributed by atoms with Crippen molar-refractivity contribution in [3.05, 3.63) is 35.4 Å². The first kappa shape index (κ1) is 15.5. The number of hydrogen-bond donors (Lipinski definition) is 2. The molecule has 0 aliphatic carbocycles. The first-order chi connectivity index (χ1) is 9.90. The van der Waals surface area contributed by atoms with E-state index in [2.05, 4.69) is 0 Å². The fraction of sp³-hybridized carbons (Fsp3) is 0.500. The molecule has 0 spiro atoms. The SMILES string of the molecule is CC(C)C[C@@H](N)C(=O)N1Cc2ccccc2CC1C(=O)O. The second kappa shape index (κ2) is 6.26. The predicted octanol–water partition coefficient (Wildman–Crippen LogP) is 1.40. The summed E-state index contributed by atoms with van der Waals surface area (Å²) in [6, 6.07) is 6.17. The van der Waals surface area contributed by atoms with E-state index in [1.54, 1.807) is 0 Å². The average Bonchev–Trinajstić information content (AvgIpc) is 2.44. The molecule has 2 atom stereocenters. The van der Waals surface area contributed by atoms with Crippen LogP contribution in [-0.4, -0.2) is 34.0 Å². The molecular weight excluding hydrogens is 268 g/mol. The Bertz CT molecular complexity index is 542. The Morgan fingerprint density at radius 1 is 1.33 bits per heavy atom. The van der Waals surface area contributed by atoms with Crippen LogP contribution in [0.1, 0.15) is 31.4 Å². The van der Waals surface area contributed by atoms with E-state index in [9.17, 15) is 14.7 Å². The first-order valence-electron chi connectivity index (χ1n) is 7.25. The summed E-state index contributed by atoms with van der Waals surface area (Å²) in [5, 5.41) is 9.41. The normalized spacial score (nSPS) is 19.2. The molecule has 1 heterocycles. The Kier molecular flexibility index (Phi) is 4.63. The van der Waals surface area contributed by atoms with Crippen molar-refractivity contribution in [3.8, 4) is 0 Å². The van der Waals surface area contributed by atoms with Gasteiger partial charge in [-0.15, -0.1) is 0 Å². The molecular formula is C16H22N2O3. The molecule has 0 saturated heterocycles. The molecule has 1 aromatic rings. The maximum atomic E-state index is 12.5. The number of nitrogens with zero attached hydrogens (tertiary/aromatic N) is 1. The molecule has 1 amide bonds. The van der Waals surface area contributed by atoms with E-state index in [4.69, 9.17) is 5.73 Å². The number of carboxylic acids is 1. The van der Waals surface area contributed by atoms with Gasteiger partial charge in [0.05, 0.1) is 6.04 Å². The fourth-order valence-electron chi connectivity index (χ4n) is 2.80. The van der Waals surface area contributed by atoms with Gasteiger partial charge in [-0.3, -0.25) is 4.79 Å². The maximum Gasteiger partial charge on any atom is 0.326 e. The molecule has 0 bridgehead atoms. The molecule has 0 radical (unpaired) electrons. The van der Waals surface area contributed by atoms with E-state index in [-0.39, 0.29) is 5.91 Å². The van der Waals surface area contributed by atoms with E-state index < -0.39 is 18.1 Å². The van der Waals surface area contributed by atoms with Crippen LogP contribution in [0.5, 0.6) is 0 Å². The van der Waals surface area contributed by atoms with Gasteiger partial charge in [0, 0.05) is 13.0 Å². The smallest absolute Gasteiger partial charge is 0.326 e. The highest BCUT2D eigenvalue weighted by molar-refractivity contribution is 5.87. The Morgan fingerprint density at radius 3 is 2.52 bits per heavy atom. The van der Waals surface area contributed by atoms with Gasteiger partial charge in [-0.2, -0.15) is 0 Å². The van der Waals surface area contributed by atoms with E-state index >= 15 is 0 Å². The monoisotopic (exact) mass is 290 g/mol. The van der Waals surface area contributed by atoms with Gasteiger partial charge in [-0.05, 0) is 23.5 Å². The van der Waals surface area contributed by atoms with Crippen molar-refractivity contribution in [2.45, 2.75) is 45.3 Å². The molecule has 1 aliphatic rings. The highest BCUT2D eigenvalue weighted by Crippen LogP contribution is 2.24. The minimum atomic E-state index is -0.977. The van der Waals surface area contributed by atoms with Crippen LogP contribution in [0.2, 0.25) is 0 Å². The summed E-state index contributed by atoms with van der Waals surface area (Å²) in [6.45, 7) is 4.30. The minimum Gasteiger partial charge on any atom is -0.480 e. The summed E-state index contributed by atoms with van der Waals surface area (Å²) in [4.78, 5) is 25.4. The minimum absolute atomic E-state index is 0.273. The second-order valence-corrected chi connectivity index (χ2v) is 6.03. The van der Waals surface area contributed by atoms with E-state index in [1.165, 1.54) is 4.90 Å². The number of rotatable bonds is 4. The summed E-state index contributed by atoms with van der Waals surface area (Å²) in [5.74, 6) is -0.954. The third-order valence-electron chi connectivity index (χ3n) is 3.86. The van der Waals surface area contributed by atoms with Crippen LogP contribution < -0.4 is 5.73 Å². The summed E-state index contributed by atoms with van der Waals surface area (Å²) in [5.41, 5.74) is 7.94. The molecule has 5 heteroatoms. The van der Waals surface area contributed by atoms with Crippen molar-refractivity contribution in [3.63, 3.8) is 0 Å². The standard InChI is InChI=1S/C16H22N2O3/c1-10(2)7-13(17)15(19)18-9-12-6-4-3-5-11(12)8-14(18)16(20)21/h3-6,10,13-14H,7-9,17H2,1-2H3,(H,20,21)/t13-,14?/m1/s1. The Balaban J connectivity index is 2.24. The summed E-state index contributed by atoms with van der Waals surface area (Å²) in [7, 11) is 0. The molecule has 21 heavy (non-hydrogen) atoms. The van der Waals surface area contributed by atoms with Crippen LogP contribution >= 0.6 is 0 Å². The van der Waals surface area contributed by atoms with E-state index in [0.29, 0.717) is 25.3 Å². The number of carboxylic acid groups (broad SMARTS) is 1. The maximum absolute atomic E-state index is 12.5. The van der Waals surface area contributed by atoms with Gasteiger partial charge in [0.15, 0.2) is 0 Å². The molecule has 0 fully saturated rings. The summed E-state index contributed by atoms with van der Waals surface area (Å²) in [6.07, 6.45) is 0.898. The number of carbonyl (C=O) groups is 2. The molecule has 1 aliphatic heterocycles. The molecule has 3 N–H and O–H groups in total. The zero-order valence-corrected chi connectivity index (χ0v) is 12.5. The molecule has 114 valence electrons. The van der Waals surface area contributed by atoms with Crippen molar-refractivity contribution in [2.24, 2.45) is 11.7 Å². The Labute approximate surface area is 124 Å². The second-order valence-electron chi connectivity index (χ2n) is 6.03. The Morgan fingerprint density at radius 2 is 1.95 bits per heavy atom. The van der Waals surface area contributed by atoms with Gasteiger partial charge in [0.2, 0.25) is 5.91 Å². The third-order valence-corrected chi connectivity index (χ3v) is 3.86. The average molecular weight is 290 g/mol. The van der Waals surface area contributed by atoms with Crippen molar-refractivity contribution in [1.29, 1.82) is 0 Å². The molecule has 0 saturated carbocycles. The number of aliphatic carboxylic acids is 1. The zero-order chi connectivity index (χ0) is 15.6.